The molecule has 6 heteroatoms. The molecule has 0 bridgehead atoms. The second-order valence-electron chi connectivity index (χ2n) is 3.49. The zero-order valence-electron chi connectivity index (χ0n) is 9.63. The summed E-state index contributed by atoms with van der Waals surface area (Å²) >= 11 is 0. The van der Waals surface area contributed by atoms with Crippen molar-refractivity contribution in [2.75, 3.05) is 6.61 Å². The number of rotatable bonds is 4. The molecule has 5 nitrogen and oxygen atoms in total. The molecule has 0 saturated heterocycles. The molecule has 18 heavy (non-hydrogen) atoms. The minimum Gasteiger partial charge on any atom is -0.464 e. The number of hydrogen-bond acceptors (Lipinski definition) is 5. The predicted octanol–water partition coefficient (Wildman–Crippen LogP) is 0.655. The van der Waals surface area contributed by atoms with Gasteiger partial charge in [-0.25, -0.2) is 9.18 Å². The second kappa shape index (κ2) is 6.10. The molecule has 0 saturated carbocycles. The first kappa shape index (κ1) is 14.1. The molecule has 2 unspecified atom stereocenters. The number of aliphatic hydroxyl groups excluding tert-OH is 2. The summed E-state index contributed by atoms with van der Waals surface area (Å²) in [5.74, 6) is -1.65. The Labute approximate surface area is 103 Å². The van der Waals surface area contributed by atoms with Crippen molar-refractivity contribution in [2.24, 2.45) is 0 Å². The van der Waals surface area contributed by atoms with Crippen LogP contribution in [0.2, 0.25) is 0 Å². The van der Waals surface area contributed by atoms with Gasteiger partial charge < -0.3 is 14.9 Å². The summed E-state index contributed by atoms with van der Waals surface area (Å²) in [6.07, 6.45) is -3.46. The fraction of sp³-hybridized carbons (Fsp3) is 0.333. The molecule has 0 amide bonds. The SMILES string of the molecule is CCOC(=O)C(O)C(O)c1ccc(F)cc1C#N. The number of carbonyl (C=O) groups excluding carboxylic acids is 1. The van der Waals surface area contributed by atoms with Gasteiger partial charge in [-0.2, -0.15) is 5.26 Å². The minimum atomic E-state index is -1.82. The lowest BCUT2D eigenvalue weighted by atomic mass is 9.99. The standard InChI is InChI=1S/C12H12FNO4/c1-2-18-12(17)11(16)10(15)9-4-3-8(13)5-7(9)6-14/h3-5,10-11,15-16H,2H2,1H3. The third-order valence-corrected chi connectivity index (χ3v) is 2.28. The number of benzene rings is 1. The van der Waals surface area contributed by atoms with Crippen LogP contribution in [0.5, 0.6) is 0 Å². The van der Waals surface area contributed by atoms with E-state index in [9.17, 15) is 19.4 Å². The summed E-state index contributed by atoms with van der Waals surface area (Å²) in [6, 6.07) is 4.76. The first-order valence-electron chi connectivity index (χ1n) is 5.23. The second-order valence-corrected chi connectivity index (χ2v) is 3.49. The molecule has 0 heterocycles. The number of hydrogen-bond donors (Lipinski definition) is 2. The van der Waals surface area contributed by atoms with Crippen LogP contribution in [0, 0.1) is 17.1 Å². The van der Waals surface area contributed by atoms with Crippen LogP contribution >= 0.6 is 0 Å². The van der Waals surface area contributed by atoms with Gasteiger partial charge in [0.05, 0.1) is 18.2 Å². The van der Waals surface area contributed by atoms with E-state index in [1.165, 1.54) is 0 Å². The topological polar surface area (TPSA) is 90.6 Å². The maximum absolute atomic E-state index is 12.9. The van der Waals surface area contributed by atoms with Crippen molar-refractivity contribution in [2.45, 2.75) is 19.1 Å². The molecular formula is C12H12FNO4. The molecule has 0 fully saturated rings. The van der Waals surface area contributed by atoms with Crippen molar-refractivity contribution >= 4 is 5.97 Å². The molecule has 96 valence electrons. The van der Waals surface area contributed by atoms with Crippen molar-refractivity contribution in [1.82, 2.24) is 0 Å². The predicted molar refractivity (Wildman–Crippen MR) is 58.7 cm³/mol. The van der Waals surface area contributed by atoms with Gasteiger partial charge in [0.15, 0.2) is 6.10 Å². The van der Waals surface area contributed by atoms with Crippen LogP contribution in [-0.4, -0.2) is 28.9 Å². The summed E-state index contributed by atoms with van der Waals surface area (Å²) in [6.45, 7) is 1.60. The summed E-state index contributed by atoms with van der Waals surface area (Å²) < 4.78 is 17.4. The molecule has 0 radical (unpaired) electrons. The molecule has 1 aromatic rings. The molecule has 0 aromatic heterocycles. The third kappa shape index (κ3) is 3.03. The lowest BCUT2D eigenvalue weighted by Gasteiger charge is -2.17. The van der Waals surface area contributed by atoms with E-state index >= 15 is 0 Å². The normalized spacial score (nSPS) is 13.5. The molecule has 1 aromatic carbocycles. The zero-order chi connectivity index (χ0) is 13.7. The van der Waals surface area contributed by atoms with E-state index in [1.54, 1.807) is 13.0 Å². The lowest BCUT2D eigenvalue weighted by molar-refractivity contribution is -0.159. The van der Waals surface area contributed by atoms with Crippen molar-refractivity contribution in [3.8, 4) is 6.07 Å². The maximum Gasteiger partial charge on any atom is 0.338 e. The smallest absolute Gasteiger partial charge is 0.338 e. The van der Waals surface area contributed by atoms with Crippen LogP contribution < -0.4 is 0 Å². The summed E-state index contributed by atoms with van der Waals surface area (Å²) in [5, 5.41) is 28.1. The molecule has 1 rings (SSSR count). The van der Waals surface area contributed by atoms with Crippen LogP contribution in [0.3, 0.4) is 0 Å². The van der Waals surface area contributed by atoms with Gasteiger partial charge in [-0.1, -0.05) is 6.07 Å². The van der Waals surface area contributed by atoms with Crippen LogP contribution in [0.4, 0.5) is 4.39 Å². The highest BCUT2D eigenvalue weighted by atomic mass is 19.1. The first-order valence-corrected chi connectivity index (χ1v) is 5.23. The first-order chi connectivity index (χ1) is 8.51. The van der Waals surface area contributed by atoms with Crippen LogP contribution in [0.15, 0.2) is 18.2 Å². The monoisotopic (exact) mass is 253 g/mol. The van der Waals surface area contributed by atoms with Gasteiger partial charge in [0.25, 0.3) is 0 Å². The van der Waals surface area contributed by atoms with E-state index in [1.807, 2.05) is 0 Å². The van der Waals surface area contributed by atoms with E-state index in [0.717, 1.165) is 18.2 Å². The fourth-order valence-corrected chi connectivity index (χ4v) is 1.41. The van der Waals surface area contributed by atoms with Gasteiger partial charge in [-0.15, -0.1) is 0 Å². The highest BCUT2D eigenvalue weighted by Crippen LogP contribution is 2.22. The van der Waals surface area contributed by atoms with Gasteiger partial charge in [-0.3, -0.25) is 0 Å². The average Bonchev–Trinajstić information content (AvgIpc) is 2.37. The highest BCUT2D eigenvalue weighted by Gasteiger charge is 2.28. The maximum atomic E-state index is 12.9. The summed E-state index contributed by atoms with van der Waals surface area (Å²) in [7, 11) is 0. The van der Waals surface area contributed by atoms with Gasteiger partial charge in [0.1, 0.15) is 11.9 Å². The Kier molecular flexibility index (Phi) is 4.77. The van der Waals surface area contributed by atoms with E-state index < -0.39 is 24.0 Å². The minimum absolute atomic E-state index is 0.0283. The number of aliphatic hydroxyl groups is 2. The molecule has 0 aliphatic carbocycles. The van der Waals surface area contributed by atoms with Gasteiger partial charge >= 0.3 is 5.97 Å². The average molecular weight is 253 g/mol. The molecular weight excluding hydrogens is 241 g/mol. The Bertz CT molecular complexity index is 483. The highest BCUT2D eigenvalue weighted by molar-refractivity contribution is 5.75. The Hall–Kier alpha value is -1.97. The van der Waals surface area contributed by atoms with Crippen molar-refractivity contribution in [3.05, 3.63) is 35.1 Å². The number of esters is 1. The Morgan fingerprint density at radius 1 is 1.56 bits per heavy atom. The number of carbonyl (C=O) groups is 1. The molecule has 2 atom stereocenters. The number of halogens is 1. The van der Waals surface area contributed by atoms with Gasteiger partial charge in [-0.05, 0) is 19.1 Å². The summed E-state index contributed by atoms with van der Waals surface area (Å²) in [4.78, 5) is 11.2. The quantitative estimate of drug-likeness (QED) is 0.769. The largest absolute Gasteiger partial charge is 0.464 e. The summed E-state index contributed by atoms with van der Waals surface area (Å²) in [5.41, 5.74) is -0.176. The van der Waals surface area contributed by atoms with Gasteiger partial charge in [0.2, 0.25) is 0 Å². The van der Waals surface area contributed by atoms with Crippen molar-refractivity contribution in [3.63, 3.8) is 0 Å². The zero-order valence-corrected chi connectivity index (χ0v) is 9.63. The van der Waals surface area contributed by atoms with E-state index in [4.69, 9.17) is 5.26 Å². The molecule has 0 spiro atoms. The van der Waals surface area contributed by atoms with E-state index in [-0.39, 0.29) is 17.7 Å². The van der Waals surface area contributed by atoms with Crippen LogP contribution in [0.25, 0.3) is 0 Å². The van der Waals surface area contributed by atoms with Gasteiger partial charge in [0, 0.05) is 5.56 Å². The van der Waals surface area contributed by atoms with Crippen molar-refractivity contribution < 1.29 is 24.1 Å². The Morgan fingerprint density at radius 3 is 2.78 bits per heavy atom. The molecule has 0 aliphatic heterocycles. The van der Waals surface area contributed by atoms with Crippen molar-refractivity contribution in [1.29, 1.82) is 5.26 Å². The number of nitriles is 1. The van der Waals surface area contributed by atoms with Crippen LogP contribution in [0.1, 0.15) is 24.2 Å². The lowest BCUT2D eigenvalue weighted by Crippen LogP contribution is -2.30. The third-order valence-electron chi connectivity index (χ3n) is 2.28. The number of nitrogens with zero attached hydrogens (tertiary/aromatic N) is 1. The van der Waals surface area contributed by atoms with Crippen LogP contribution in [-0.2, 0) is 9.53 Å². The Morgan fingerprint density at radius 2 is 2.22 bits per heavy atom. The molecule has 2 N–H and O–H groups in total. The van der Waals surface area contributed by atoms with E-state index in [2.05, 4.69) is 4.74 Å². The number of ether oxygens (including phenoxy) is 1. The van der Waals surface area contributed by atoms with E-state index in [0.29, 0.717) is 0 Å². The Balaban J connectivity index is 3.00. The fourth-order valence-electron chi connectivity index (χ4n) is 1.41. The molecule has 0 aliphatic rings.